The molecule has 0 saturated heterocycles. The molecule has 96 valence electrons. The largest absolute Gasteiger partial charge is 0.399 e. The van der Waals surface area contributed by atoms with Crippen LogP contribution < -0.4 is 10.6 Å². The summed E-state index contributed by atoms with van der Waals surface area (Å²) in [5, 5.41) is 3.99. The molecule has 2 rings (SSSR count). The second-order valence-electron chi connectivity index (χ2n) is 4.08. The van der Waals surface area contributed by atoms with Gasteiger partial charge in [0.1, 0.15) is 0 Å². The number of aromatic nitrogens is 2. The van der Waals surface area contributed by atoms with E-state index in [2.05, 4.69) is 24.0 Å². The van der Waals surface area contributed by atoms with Crippen molar-refractivity contribution in [2.24, 2.45) is 0 Å². The lowest BCUT2D eigenvalue weighted by molar-refractivity contribution is 0.384. The quantitative estimate of drug-likeness (QED) is 0.818. The van der Waals surface area contributed by atoms with Crippen LogP contribution in [0.4, 0.5) is 11.6 Å². The number of anilines is 2. The van der Waals surface area contributed by atoms with Crippen molar-refractivity contribution < 1.29 is 4.52 Å². The summed E-state index contributed by atoms with van der Waals surface area (Å²) in [6.45, 7) is 5.87. The second kappa shape index (κ2) is 5.53. The number of rotatable bonds is 5. The predicted molar refractivity (Wildman–Crippen MR) is 71.5 cm³/mol. The van der Waals surface area contributed by atoms with Crippen molar-refractivity contribution in [3.8, 4) is 0 Å². The lowest BCUT2D eigenvalue weighted by Crippen LogP contribution is -2.22. The summed E-state index contributed by atoms with van der Waals surface area (Å²) in [4.78, 5) is 6.43. The lowest BCUT2D eigenvalue weighted by Gasteiger charge is -2.14. The lowest BCUT2D eigenvalue weighted by atomic mass is 10.1. The minimum Gasteiger partial charge on any atom is -0.399 e. The van der Waals surface area contributed by atoms with Crippen LogP contribution in [0.3, 0.4) is 0 Å². The molecule has 5 heteroatoms. The number of nitrogens with zero attached hydrogens (tertiary/aromatic N) is 3. The van der Waals surface area contributed by atoms with Crippen molar-refractivity contribution >= 4 is 11.6 Å². The van der Waals surface area contributed by atoms with E-state index in [0.717, 1.165) is 24.3 Å². The second-order valence-corrected chi connectivity index (χ2v) is 4.08. The molecule has 0 radical (unpaired) electrons. The predicted octanol–water partition coefficient (Wildman–Crippen LogP) is 2.09. The van der Waals surface area contributed by atoms with Crippen molar-refractivity contribution in [1.29, 1.82) is 0 Å². The Morgan fingerprint density at radius 3 is 2.72 bits per heavy atom. The Morgan fingerprint density at radius 2 is 2.06 bits per heavy atom. The van der Waals surface area contributed by atoms with Gasteiger partial charge >= 0.3 is 0 Å². The molecular formula is C13H18N4O. The molecule has 0 atom stereocenters. The molecule has 0 aliphatic rings. The maximum atomic E-state index is 5.73. The molecule has 0 unspecified atom stereocenters. The molecular weight excluding hydrogens is 228 g/mol. The fourth-order valence-corrected chi connectivity index (χ4v) is 1.83. The van der Waals surface area contributed by atoms with Crippen LogP contribution in [0.15, 0.2) is 28.8 Å². The van der Waals surface area contributed by atoms with Gasteiger partial charge in [0.25, 0.3) is 5.95 Å². The third-order valence-corrected chi connectivity index (χ3v) is 2.81. The Bertz CT molecular complexity index is 505. The molecule has 0 spiro atoms. The first-order chi connectivity index (χ1) is 8.72. The average molecular weight is 246 g/mol. The van der Waals surface area contributed by atoms with Gasteiger partial charge in [-0.15, -0.1) is 0 Å². The zero-order valence-electron chi connectivity index (χ0n) is 10.8. The normalized spacial score (nSPS) is 10.6. The maximum Gasteiger partial charge on any atom is 0.266 e. The zero-order chi connectivity index (χ0) is 13.0. The van der Waals surface area contributed by atoms with Gasteiger partial charge in [0, 0.05) is 18.8 Å². The average Bonchev–Trinajstić information content (AvgIpc) is 2.79. The molecule has 2 N–H and O–H groups in total. The van der Waals surface area contributed by atoms with E-state index in [1.165, 1.54) is 0 Å². The van der Waals surface area contributed by atoms with Crippen molar-refractivity contribution in [3.05, 3.63) is 35.7 Å². The maximum absolute atomic E-state index is 5.73. The van der Waals surface area contributed by atoms with Crippen LogP contribution in [-0.2, 0) is 6.42 Å². The highest BCUT2D eigenvalue weighted by Gasteiger charge is 2.11. The van der Waals surface area contributed by atoms with Crippen LogP contribution in [0.5, 0.6) is 0 Å². The van der Waals surface area contributed by atoms with Crippen molar-refractivity contribution in [2.75, 3.05) is 23.7 Å². The fourth-order valence-electron chi connectivity index (χ4n) is 1.83. The first kappa shape index (κ1) is 12.4. The molecule has 1 aromatic carbocycles. The van der Waals surface area contributed by atoms with Crippen LogP contribution in [0, 0.1) is 0 Å². The minimum absolute atomic E-state index is 0.610. The van der Waals surface area contributed by atoms with Crippen LogP contribution in [0.1, 0.15) is 25.3 Å². The SMILES string of the molecule is CCN(CC)c1noc(Cc2cccc(N)c2)n1. The van der Waals surface area contributed by atoms with E-state index < -0.39 is 0 Å². The molecule has 0 fully saturated rings. The van der Waals surface area contributed by atoms with E-state index in [1.807, 2.05) is 29.2 Å². The Labute approximate surface area is 107 Å². The highest BCUT2D eigenvalue weighted by atomic mass is 16.5. The van der Waals surface area contributed by atoms with E-state index in [1.54, 1.807) is 0 Å². The standard InChI is InChI=1S/C13H18N4O/c1-3-17(4-2)13-15-12(18-16-13)9-10-6-5-7-11(14)8-10/h5-8H,3-4,9,14H2,1-2H3. The molecule has 0 aliphatic carbocycles. The van der Waals surface area contributed by atoms with Gasteiger partial charge in [0.05, 0.1) is 6.42 Å². The Kier molecular flexibility index (Phi) is 3.82. The van der Waals surface area contributed by atoms with Gasteiger partial charge in [-0.1, -0.05) is 12.1 Å². The topological polar surface area (TPSA) is 68.2 Å². The van der Waals surface area contributed by atoms with Crippen LogP contribution in [-0.4, -0.2) is 23.2 Å². The summed E-state index contributed by atoms with van der Waals surface area (Å²) in [6, 6.07) is 7.70. The summed E-state index contributed by atoms with van der Waals surface area (Å²) >= 11 is 0. The third-order valence-electron chi connectivity index (χ3n) is 2.81. The third kappa shape index (κ3) is 2.80. The summed E-state index contributed by atoms with van der Waals surface area (Å²) in [5.74, 6) is 1.27. The highest BCUT2D eigenvalue weighted by molar-refractivity contribution is 5.41. The van der Waals surface area contributed by atoms with Gasteiger partial charge in [-0.25, -0.2) is 0 Å². The molecule has 0 amide bonds. The van der Waals surface area contributed by atoms with Gasteiger partial charge in [0.15, 0.2) is 0 Å². The van der Waals surface area contributed by atoms with E-state index >= 15 is 0 Å². The summed E-state index contributed by atoms with van der Waals surface area (Å²) in [6.07, 6.45) is 0.610. The van der Waals surface area contributed by atoms with Gasteiger partial charge in [-0.05, 0) is 36.7 Å². The first-order valence-corrected chi connectivity index (χ1v) is 6.14. The zero-order valence-corrected chi connectivity index (χ0v) is 10.8. The summed E-state index contributed by atoms with van der Waals surface area (Å²) in [7, 11) is 0. The number of benzene rings is 1. The number of hydrogen-bond donors (Lipinski definition) is 1. The Balaban J connectivity index is 2.11. The van der Waals surface area contributed by atoms with E-state index in [-0.39, 0.29) is 0 Å². The van der Waals surface area contributed by atoms with E-state index in [4.69, 9.17) is 10.3 Å². The molecule has 0 saturated carbocycles. The minimum atomic E-state index is 0.610. The summed E-state index contributed by atoms with van der Waals surface area (Å²) in [5.41, 5.74) is 7.55. The number of nitrogen functional groups attached to an aromatic ring is 1. The molecule has 2 aromatic rings. The van der Waals surface area contributed by atoms with E-state index in [0.29, 0.717) is 18.3 Å². The van der Waals surface area contributed by atoms with Gasteiger partial charge in [-0.3, -0.25) is 0 Å². The van der Waals surface area contributed by atoms with Gasteiger partial charge < -0.3 is 15.2 Å². The summed E-state index contributed by atoms with van der Waals surface area (Å²) < 4.78 is 5.25. The number of hydrogen-bond acceptors (Lipinski definition) is 5. The fraction of sp³-hybridized carbons (Fsp3) is 0.385. The molecule has 0 aliphatic heterocycles. The smallest absolute Gasteiger partial charge is 0.266 e. The Hall–Kier alpha value is -2.04. The van der Waals surface area contributed by atoms with Crippen molar-refractivity contribution in [2.45, 2.75) is 20.3 Å². The first-order valence-electron chi connectivity index (χ1n) is 6.14. The highest BCUT2D eigenvalue weighted by Crippen LogP contribution is 2.14. The molecule has 5 nitrogen and oxygen atoms in total. The van der Waals surface area contributed by atoms with Crippen LogP contribution >= 0.6 is 0 Å². The molecule has 0 bridgehead atoms. The monoisotopic (exact) mass is 246 g/mol. The number of nitrogens with two attached hydrogens (primary N) is 1. The Morgan fingerprint density at radius 1 is 1.28 bits per heavy atom. The van der Waals surface area contributed by atoms with Crippen molar-refractivity contribution in [3.63, 3.8) is 0 Å². The van der Waals surface area contributed by atoms with Crippen LogP contribution in [0.25, 0.3) is 0 Å². The van der Waals surface area contributed by atoms with Gasteiger partial charge in [-0.2, -0.15) is 4.98 Å². The van der Waals surface area contributed by atoms with Crippen LogP contribution in [0.2, 0.25) is 0 Å². The van der Waals surface area contributed by atoms with Crippen molar-refractivity contribution in [1.82, 2.24) is 10.1 Å². The van der Waals surface area contributed by atoms with Gasteiger partial charge in [0.2, 0.25) is 5.89 Å². The van der Waals surface area contributed by atoms with E-state index in [9.17, 15) is 0 Å². The molecule has 1 aromatic heterocycles. The molecule has 18 heavy (non-hydrogen) atoms. The molecule has 1 heterocycles.